The molecule has 0 spiro atoms. The number of nitrogens with one attached hydrogen (secondary N) is 1. The van der Waals surface area contributed by atoms with Gasteiger partial charge in [0, 0.05) is 17.2 Å². The normalized spacial score (nSPS) is 11.3. The van der Waals surface area contributed by atoms with Crippen LogP contribution in [0.3, 0.4) is 0 Å². The highest BCUT2D eigenvalue weighted by Gasteiger charge is 2.25. The summed E-state index contributed by atoms with van der Waals surface area (Å²) in [6, 6.07) is 3.96. The number of ether oxygens (including phenoxy) is 1. The summed E-state index contributed by atoms with van der Waals surface area (Å²) in [6.45, 7) is 3.08. The van der Waals surface area contributed by atoms with Gasteiger partial charge in [0.15, 0.2) is 0 Å². The van der Waals surface area contributed by atoms with Gasteiger partial charge in [-0.05, 0) is 25.5 Å². The minimum absolute atomic E-state index is 0.0282. The van der Waals surface area contributed by atoms with Crippen molar-refractivity contribution in [3.63, 3.8) is 0 Å². The van der Waals surface area contributed by atoms with Crippen LogP contribution >= 0.6 is 11.6 Å². The lowest BCUT2D eigenvalue weighted by molar-refractivity contribution is 0.0661. The zero-order valence-corrected chi connectivity index (χ0v) is 14.1. The van der Waals surface area contributed by atoms with Crippen LogP contribution in [0.5, 0.6) is 5.75 Å². The Hall–Kier alpha value is -2.19. The van der Waals surface area contributed by atoms with Crippen LogP contribution in [0.25, 0.3) is 0 Å². The van der Waals surface area contributed by atoms with Crippen molar-refractivity contribution in [1.82, 2.24) is 0 Å². The highest BCUT2D eigenvalue weighted by atomic mass is 35.5. The van der Waals surface area contributed by atoms with E-state index in [1.165, 1.54) is 26.2 Å². The molecule has 9 heteroatoms. The Morgan fingerprint density at radius 1 is 1.30 bits per heavy atom. The van der Waals surface area contributed by atoms with Gasteiger partial charge in [-0.3, -0.25) is 4.72 Å². The number of halogens is 1. The van der Waals surface area contributed by atoms with Crippen LogP contribution in [0.2, 0.25) is 5.02 Å². The predicted octanol–water partition coefficient (Wildman–Crippen LogP) is 3.06. The Bertz CT molecular complexity index is 872. The van der Waals surface area contributed by atoms with Gasteiger partial charge in [0.05, 0.1) is 12.8 Å². The van der Waals surface area contributed by atoms with Crippen molar-refractivity contribution in [3.8, 4) is 5.75 Å². The molecule has 2 aromatic rings. The van der Waals surface area contributed by atoms with E-state index in [0.717, 1.165) is 6.07 Å². The van der Waals surface area contributed by atoms with Gasteiger partial charge in [-0.1, -0.05) is 11.6 Å². The van der Waals surface area contributed by atoms with E-state index in [-0.39, 0.29) is 22.1 Å². The average Bonchev–Trinajstić information content (AvgIpc) is 2.85. The molecule has 0 bridgehead atoms. The Kier molecular flexibility index (Phi) is 4.58. The maximum atomic E-state index is 12.5. The van der Waals surface area contributed by atoms with E-state index in [0.29, 0.717) is 10.6 Å². The lowest BCUT2D eigenvalue weighted by Gasteiger charge is -2.13. The summed E-state index contributed by atoms with van der Waals surface area (Å²) in [5, 5.41) is 9.31. The maximum Gasteiger partial charge on any atom is 0.371 e. The fraction of sp³-hybridized carbons (Fsp3) is 0.214. The predicted molar refractivity (Wildman–Crippen MR) is 84.0 cm³/mol. The van der Waals surface area contributed by atoms with E-state index in [9.17, 15) is 13.2 Å². The van der Waals surface area contributed by atoms with Crippen molar-refractivity contribution in [3.05, 3.63) is 40.3 Å². The molecule has 0 saturated heterocycles. The molecule has 0 fully saturated rings. The van der Waals surface area contributed by atoms with Crippen molar-refractivity contribution in [2.24, 2.45) is 0 Å². The molecule has 0 aliphatic rings. The number of furan rings is 1. The summed E-state index contributed by atoms with van der Waals surface area (Å²) < 4.78 is 37.3. The third-order valence-corrected chi connectivity index (χ3v) is 4.98. The van der Waals surface area contributed by atoms with Gasteiger partial charge in [-0.25, -0.2) is 13.2 Å². The second kappa shape index (κ2) is 6.13. The molecule has 0 aliphatic heterocycles. The van der Waals surface area contributed by atoms with E-state index in [2.05, 4.69) is 4.72 Å². The average molecular weight is 360 g/mol. The van der Waals surface area contributed by atoms with Crippen LogP contribution < -0.4 is 9.46 Å². The van der Waals surface area contributed by atoms with Crippen LogP contribution in [0.15, 0.2) is 27.5 Å². The first-order valence-corrected chi connectivity index (χ1v) is 8.22. The third-order valence-electron chi connectivity index (χ3n) is 3.10. The summed E-state index contributed by atoms with van der Waals surface area (Å²) in [5.41, 5.74) is 0.840. The first-order valence-electron chi connectivity index (χ1n) is 6.36. The van der Waals surface area contributed by atoms with Crippen LogP contribution in [-0.4, -0.2) is 26.6 Å². The van der Waals surface area contributed by atoms with Crippen molar-refractivity contribution in [2.45, 2.75) is 18.7 Å². The molecule has 0 radical (unpaired) electrons. The second-order valence-corrected chi connectivity index (χ2v) is 6.80. The Labute approximate surface area is 137 Å². The number of carboxylic acid groups (broad SMARTS) is 1. The number of methoxy groups -OCH3 is 1. The van der Waals surface area contributed by atoms with Crippen molar-refractivity contribution in [1.29, 1.82) is 0 Å². The Morgan fingerprint density at radius 2 is 1.96 bits per heavy atom. The van der Waals surface area contributed by atoms with Gasteiger partial charge in [-0.15, -0.1) is 0 Å². The molecule has 2 N–H and O–H groups in total. The minimum Gasteiger partial charge on any atom is -0.495 e. The lowest BCUT2D eigenvalue weighted by Crippen LogP contribution is -2.14. The molecule has 1 aromatic heterocycles. The number of carboxylic acids is 1. The Morgan fingerprint density at radius 3 is 2.48 bits per heavy atom. The molecule has 1 heterocycles. The van der Waals surface area contributed by atoms with Crippen LogP contribution in [0.1, 0.15) is 21.9 Å². The van der Waals surface area contributed by atoms with Gasteiger partial charge in [-0.2, -0.15) is 0 Å². The standard InChI is InChI=1S/C14H14ClNO6S/c1-7-4-10(11(21-3)5-9(7)15)16-23(19,20)13-6-12(14(17)18)22-8(13)2/h4-6,16H,1-3H3,(H,17,18). The van der Waals surface area contributed by atoms with Gasteiger partial charge in [0.2, 0.25) is 5.76 Å². The highest BCUT2D eigenvalue weighted by Crippen LogP contribution is 2.33. The van der Waals surface area contributed by atoms with E-state index < -0.39 is 21.8 Å². The fourth-order valence-electron chi connectivity index (χ4n) is 1.95. The number of hydrogen-bond donors (Lipinski definition) is 2. The molecule has 0 aliphatic carbocycles. The van der Waals surface area contributed by atoms with E-state index in [1.54, 1.807) is 6.92 Å². The first kappa shape index (κ1) is 17.2. The molecule has 7 nitrogen and oxygen atoms in total. The van der Waals surface area contributed by atoms with Crippen molar-refractivity contribution >= 4 is 33.3 Å². The second-order valence-electron chi connectivity index (χ2n) is 4.74. The van der Waals surface area contributed by atoms with Gasteiger partial charge >= 0.3 is 5.97 Å². The van der Waals surface area contributed by atoms with E-state index in [4.69, 9.17) is 25.9 Å². The molecule has 2 rings (SSSR count). The highest BCUT2D eigenvalue weighted by molar-refractivity contribution is 7.92. The van der Waals surface area contributed by atoms with Crippen LogP contribution in [-0.2, 0) is 10.0 Å². The fourth-order valence-corrected chi connectivity index (χ4v) is 3.34. The summed E-state index contributed by atoms with van der Waals surface area (Å²) in [4.78, 5) is 10.6. The smallest absolute Gasteiger partial charge is 0.371 e. The number of aromatic carboxylic acids is 1. The molecule has 0 atom stereocenters. The van der Waals surface area contributed by atoms with Crippen LogP contribution in [0.4, 0.5) is 5.69 Å². The number of hydrogen-bond acceptors (Lipinski definition) is 5. The van der Waals surface area contributed by atoms with Gasteiger partial charge in [0.25, 0.3) is 10.0 Å². The number of sulfonamides is 1. The number of carbonyl (C=O) groups is 1. The molecule has 0 amide bonds. The lowest BCUT2D eigenvalue weighted by atomic mass is 10.2. The Balaban J connectivity index is 2.47. The third kappa shape index (κ3) is 3.43. The zero-order chi connectivity index (χ0) is 17.4. The maximum absolute atomic E-state index is 12.5. The minimum atomic E-state index is -4.05. The number of benzene rings is 1. The number of rotatable bonds is 5. The monoisotopic (exact) mass is 359 g/mol. The summed E-state index contributed by atoms with van der Waals surface area (Å²) >= 11 is 5.98. The first-order chi connectivity index (χ1) is 10.7. The molecule has 124 valence electrons. The van der Waals surface area contributed by atoms with Gasteiger partial charge < -0.3 is 14.3 Å². The molecule has 1 aromatic carbocycles. The molecule has 23 heavy (non-hydrogen) atoms. The summed E-state index contributed by atoms with van der Waals surface area (Å²) in [5.74, 6) is -1.60. The number of anilines is 1. The largest absolute Gasteiger partial charge is 0.495 e. The quantitative estimate of drug-likeness (QED) is 0.849. The van der Waals surface area contributed by atoms with E-state index in [1.807, 2.05) is 0 Å². The summed E-state index contributed by atoms with van der Waals surface area (Å²) in [7, 11) is -2.67. The molecule has 0 saturated carbocycles. The van der Waals surface area contributed by atoms with Crippen LogP contribution in [0, 0.1) is 13.8 Å². The molecular weight excluding hydrogens is 346 g/mol. The number of aryl methyl sites for hydroxylation is 2. The van der Waals surface area contributed by atoms with Crippen molar-refractivity contribution in [2.75, 3.05) is 11.8 Å². The topological polar surface area (TPSA) is 106 Å². The van der Waals surface area contributed by atoms with Gasteiger partial charge in [0.1, 0.15) is 16.4 Å². The SMILES string of the molecule is COc1cc(Cl)c(C)cc1NS(=O)(=O)c1cc(C(=O)O)oc1C. The van der Waals surface area contributed by atoms with E-state index >= 15 is 0 Å². The zero-order valence-electron chi connectivity index (χ0n) is 12.5. The van der Waals surface area contributed by atoms with Crippen molar-refractivity contribution < 1.29 is 27.5 Å². The molecular formula is C14H14ClNO6S. The molecule has 0 unspecified atom stereocenters. The summed E-state index contributed by atoms with van der Waals surface area (Å²) in [6.07, 6.45) is 0.